The minimum atomic E-state index is -0.369. The highest BCUT2D eigenvalue weighted by Gasteiger charge is 2.40. The van der Waals surface area contributed by atoms with E-state index in [2.05, 4.69) is 47.3 Å². The van der Waals surface area contributed by atoms with E-state index in [0.717, 1.165) is 33.1 Å². The van der Waals surface area contributed by atoms with Gasteiger partial charge in [-0.1, -0.05) is 57.2 Å². The SMILES string of the molecule is Cc1cc(Nc2cc(N3CC(C)(C#N)C3)nc(Sc3ccc(CC(=O)c4ccccc4C(C)(C)C)cc3)n2)n[nH]1. The molecule has 2 aromatic carbocycles. The fraction of sp³-hybridized carbons (Fsp3) is 0.323. The zero-order chi connectivity index (χ0) is 28.5. The molecule has 4 aromatic rings. The Kier molecular flexibility index (Phi) is 7.39. The molecule has 2 aromatic heterocycles. The molecule has 0 unspecified atom stereocenters. The highest BCUT2D eigenvalue weighted by atomic mass is 32.2. The largest absolute Gasteiger partial charge is 0.353 e. The molecule has 1 fully saturated rings. The van der Waals surface area contributed by atoms with E-state index < -0.39 is 0 Å². The van der Waals surface area contributed by atoms with E-state index in [1.807, 2.05) is 74.5 Å². The van der Waals surface area contributed by atoms with Crippen LogP contribution in [0.3, 0.4) is 0 Å². The summed E-state index contributed by atoms with van der Waals surface area (Å²) in [5, 5.41) is 20.5. The second-order valence-electron chi connectivity index (χ2n) is 11.6. The number of hydrogen-bond donors (Lipinski definition) is 2. The van der Waals surface area contributed by atoms with Crippen molar-refractivity contribution in [1.29, 1.82) is 5.26 Å². The number of aromatic amines is 1. The van der Waals surface area contributed by atoms with Gasteiger partial charge in [-0.05, 0) is 54.3 Å². The Morgan fingerprint density at radius 2 is 1.82 bits per heavy atom. The molecule has 3 heterocycles. The number of ketones is 1. The van der Waals surface area contributed by atoms with Crippen molar-refractivity contribution in [2.24, 2.45) is 5.41 Å². The predicted octanol–water partition coefficient (Wildman–Crippen LogP) is 6.48. The van der Waals surface area contributed by atoms with E-state index in [0.29, 0.717) is 36.3 Å². The monoisotopic (exact) mass is 551 g/mol. The van der Waals surface area contributed by atoms with Gasteiger partial charge in [-0.3, -0.25) is 9.89 Å². The summed E-state index contributed by atoms with van der Waals surface area (Å²) in [5.74, 6) is 2.18. The van der Waals surface area contributed by atoms with Gasteiger partial charge in [0.1, 0.15) is 11.6 Å². The summed E-state index contributed by atoms with van der Waals surface area (Å²) in [4.78, 5) is 25.7. The maximum Gasteiger partial charge on any atom is 0.196 e. The normalized spacial score (nSPS) is 14.3. The third kappa shape index (κ3) is 6.18. The summed E-state index contributed by atoms with van der Waals surface area (Å²) in [7, 11) is 0. The molecule has 0 radical (unpaired) electrons. The van der Waals surface area contributed by atoms with Crippen LogP contribution in [0, 0.1) is 23.7 Å². The number of aryl methyl sites for hydroxylation is 1. The Hall–Kier alpha value is -4.16. The van der Waals surface area contributed by atoms with Gasteiger partial charge in [-0.2, -0.15) is 10.4 Å². The lowest BCUT2D eigenvalue weighted by molar-refractivity contribution is 0.0991. The number of anilines is 3. The summed E-state index contributed by atoms with van der Waals surface area (Å²) in [6, 6.07) is 22.0. The average molecular weight is 552 g/mol. The highest BCUT2D eigenvalue weighted by Crippen LogP contribution is 2.36. The number of carbonyl (C=O) groups is 1. The average Bonchev–Trinajstić information content (AvgIpc) is 3.31. The second kappa shape index (κ2) is 10.8. The number of nitrogens with one attached hydrogen (secondary N) is 2. The molecule has 0 atom stereocenters. The fourth-order valence-electron chi connectivity index (χ4n) is 4.77. The van der Waals surface area contributed by atoms with Crippen molar-refractivity contribution in [2.75, 3.05) is 23.3 Å². The molecule has 204 valence electrons. The number of nitrogens with zero attached hydrogens (tertiary/aromatic N) is 5. The zero-order valence-corrected chi connectivity index (χ0v) is 24.3. The second-order valence-corrected chi connectivity index (χ2v) is 12.7. The van der Waals surface area contributed by atoms with Gasteiger partial charge in [0.15, 0.2) is 16.8 Å². The summed E-state index contributed by atoms with van der Waals surface area (Å²) in [6.45, 7) is 11.5. The summed E-state index contributed by atoms with van der Waals surface area (Å²) in [5.41, 5.74) is 3.28. The third-order valence-electron chi connectivity index (χ3n) is 6.86. The minimum absolute atomic E-state index is 0.103. The molecule has 8 nitrogen and oxygen atoms in total. The molecule has 9 heteroatoms. The van der Waals surface area contributed by atoms with Gasteiger partial charge in [-0.25, -0.2) is 9.97 Å². The topological polar surface area (TPSA) is 111 Å². The molecule has 1 saturated heterocycles. The lowest BCUT2D eigenvalue weighted by atomic mass is 9.82. The number of Topliss-reactive ketones (excluding diaryl/α,β-unsaturated/α-hetero) is 1. The van der Waals surface area contributed by atoms with Crippen LogP contribution in [0.4, 0.5) is 17.5 Å². The molecule has 1 aliphatic rings. The minimum Gasteiger partial charge on any atom is -0.353 e. The Morgan fingerprint density at radius 3 is 2.48 bits per heavy atom. The van der Waals surface area contributed by atoms with Gasteiger partial charge in [0.25, 0.3) is 0 Å². The Balaban J connectivity index is 1.33. The van der Waals surface area contributed by atoms with Crippen molar-refractivity contribution >= 4 is 35.0 Å². The van der Waals surface area contributed by atoms with Gasteiger partial charge in [0, 0.05) is 47.8 Å². The van der Waals surface area contributed by atoms with Crippen LogP contribution in [0.5, 0.6) is 0 Å². The summed E-state index contributed by atoms with van der Waals surface area (Å²) >= 11 is 1.45. The maximum absolute atomic E-state index is 13.2. The Bertz CT molecular complexity index is 1570. The van der Waals surface area contributed by atoms with Crippen molar-refractivity contribution < 1.29 is 4.79 Å². The molecule has 40 heavy (non-hydrogen) atoms. The molecule has 1 aliphatic heterocycles. The quantitative estimate of drug-likeness (QED) is 0.189. The van der Waals surface area contributed by atoms with Gasteiger partial charge in [0.2, 0.25) is 0 Å². The first-order valence-electron chi connectivity index (χ1n) is 13.3. The van der Waals surface area contributed by atoms with Gasteiger partial charge >= 0.3 is 0 Å². The van der Waals surface area contributed by atoms with Gasteiger partial charge < -0.3 is 10.2 Å². The Morgan fingerprint density at radius 1 is 1.10 bits per heavy atom. The number of benzene rings is 2. The first-order chi connectivity index (χ1) is 19.0. The molecule has 2 N–H and O–H groups in total. The maximum atomic E-state index is 13.2. The van der Waals surface area contributed by atoms with E-state index in [1.165, 1.54) is 11.8 Å². The van der Waals surface area contributed by atoms with E-state index in [-0.39, 0.29) is 16.6 Å². The zero-order valence-electron chi connectivity index (χ0n) is 23.4. The predicted molar refractivity (Wildman–Crippen MR) is 158 cm³/mol. The number of H-pyrrole nitrogens is 1. The van der Waals surface area contributed by atoms with Crippen molar-refractivity contribution in [1.82, 2.24) is 20.2 Å². The smallest absolute Gasteiger partial charge is 0.196 e. The molecular formula is C31H33N7OS. The van der Waals surface area contributed by atoms with Crippen LogP contribution in [-0.2, 0) is 11.8 Å². The molecule has 0 aliphatic carbocycles. The van der Waals surface area contributed by atoms with Crippen LogP contribution in [0.15, 0.2) is 70.7 Å². The van der Waals surface area contributed by atoms with Crippen LogP contribution >= 0.6 is 11.8 Å². The fourth-order valence-corrected chi connectivity index (χ4v) is 5.53. The third-order valence-corrected chi connectivity index (χ3v) is 7.73. The van der Waals surface area contributed by atoms with Crippen LogP contribution in [0.1, 0.15) is 54.9 Å². The lowest BCUT2D eigenvalue weighted by Crippen LogP contribution is -2.54. The molecule has 0 bridgehead atoms. The van der Waals surface area contributed by atoms with Crippen LogP contribution < -0.4 is 10.2 Å². The number of hydrogen-bond acceptors (Lipinski definition) is 8. The lowest BCUT2D eigenvalue weighted by Gasteiger charge is -2.44. The molecule has 0 saturated carbocycles. The summed E-state index contributed by atoms with van der Waals surface area (Å²) < 4.78 is 0. The van der Waals surface area contributed by atoms with Gasteiger partial charge in [0.05, 0.1) is 11.5 Å². The van der Waals surface area contributed by atoms with E-state index in [4.69, 9.17) is 9.97 Å². The standard InChI is InChI=1S/C31H33N7OS/c1-20-14-27(37-36-20)33-26-16-28(38-18-31(5,17-32)19-38)35-29(34-26)40-22-12-10-21(11-13-22)15-25(39)23-8-6-7-9-24(23)30(2,3)4/h6-14,16H,15,18-19H2,1-5H3,(H2,33,34,35,36,37). The number of rotatable bonds is 8. The van der Waals surface area contributed by atoms with E-state index in [1.54, 1.807) is 0 Å². The van der Waals surface area contributed by atoms with Crippen LogP contribution in [0.25, 0.3) is 0 Å². The molecular weight excluding hydrogens is 518 g/mol. The van der Waals surface area contributed by atoms with Crippen LogP contribution in [0.2, 0.25) is 0 Å². The number of carbonyl (C=O) groups excluding carboxylic acids is 1. The number of aromatic nitrogens is 4. The Labute approximate surface area is 239 Å². The first-order valence-corrected chi connectivity index (χ1v) is 14.1. The molecule has 0 amide bonds. The highest BCUT2D eigenvalue weighted by molar-refractivity contribution is 7.99. The van der Waals surface area contributed by atoms with Crippen molar-refractivity contribution in [3.05, 3.63) is 83.0 Å². The molecule has 0 spiro atoms. The van der Waals surface area contributed by atoms with Crippen molar-refractivity contribution in [3.8, 4) is 6.07 Å². The van der Waals surface area contributed by atoms with Crippen molar-refractivity contribution in [3.63, 3.8) is 0 Å². The van der Waals surface area contributed by atoms with E-state index in [9.17, 15) is 10.1 Å². The first kappa shape index (κ1) is 27.4. The molecule has 5 rings (SSSR count). The summed E-state index contributed by atoms with van der Waals surface area (Å²) in [6.07, 6.45) is 0.341. The van der Waals surface area contributed by atoms with Crippen molar-refractivity contribution in [2.45, 2.75) is 56.5 Å². The van der Waals surface area contributed by atoms with E-state index >= 15 is 0 Å². The van der Waals surface area contributed by atoms with Gasteiger partial charge in [-0.15, -0.1) is 0 Å². The van der Waals surface area contributed by atoms with Crippen LogP contribution in [-0.4, -0.2) is 39.0 Å². The number of nitriles is 1.